The van der Waals surface area contributed by atoms with Gasteiger partial charge < -0.3 is 9.47 Å². The van der Waals surface area contributed by atoms with Gasteiger partial charge in [-0.25, -0.2) is 9.89 Å². The highest BCUT2D eigenvalue weighted by Crippen LogP contribution is 2.28. The van der Waals surface area contributed by atoms with E-state index in [4.69, 9.17) is 9.47 Å². The van der Waals surface area contributed by atoms with Gasteiger partial charge in [0.05, 0.1) is 19.4 Å². The first-order valence-electron chi connectivity index (χ1n) is 9.26. The number of rotatable bonds is 11. The molecule has 8 heteroatoms. The van der Waals surface area contributed by atoms with Crippen molar-refractivity contribution in [2.24, 2.45) is 5.10 Å². The summed E-state index contributed by atoms with van der Waals surface area (Å²) < 4.78 is 11.5. The Morgan fingerprint density at radius 3 is 2.81 bits per heavy atom. The van der Waals surface area contributed by atoms with Crippen molar-refractivity contribution in [3.63, 3.8) is 0 Å². The van der Waals surface area contributed by atoms with Crippen LogP contribution in [0.4, 0.5) is 5.82 Å². The molecule has 0 bridgehead atoms. The van der Waals surface area contributed by atoms with E-state index in [0.29, 0.717) is 30.5 Å². The van der Waals surface area contributed by atoms with E-state index in [1.807, 2.05) is 25.1 Å². The molecule has 2 N–H and O–H groups in total. The van der Waals surface area contributed by atoms with Crippen LogP contribution in [0.25, 0.3) is 0 Å². The average Bonchev–Trinajstić information content (AvgIpc) is 2.66. The number of benzene rings is 1. The molecule has 0 saturated carbocycles. The van der Waals surface area contributed by atoms with Gasteiger partial charge in [-0.05, 0) is 44.0 Å². The van der Waals surface area contributed by atoms with Crippen LogP contribution >= 0.6 is 0 Å². The number of ether oxygens (including phenoxy) is 2. The van der Waals surface area contributed by atoms with Gasteiger partial charge in [-0.15, -0.1) is 0 Å². The Balaban J connectivity index is 2.01. The number of hydrogen-bond acceptors (Lipinski definition) is 7. The molecule has 146 valence electrons. The smallest absolute Gasteiger partial charge is 0.363 e. The molecular formula is C19H27N5O3. The topological polar surface area (TPSA) is 101 Å². The monoisotopic (exact) mass is 373 g/mol. The first-order valence-corrected chi connectivity index (χ1v) is 9.26. The van der Waals surface area contributed by atoms with Crippen LogP contribution in [0.15, 0.2) is 28.1 Å². The summed E-state index contributed by atoms with van der Waals surface area (Å²) in [6.07, 6.45) is 6.25. The van der Waals surface area contributed by atoms with E-state index in [-0.39, 0.29) is 0 Å². The molecule has 0 radical (unpaired) electrons. The molecule has 0 saturated heterocycles. The van der Waals surface area contributed by atoms with Gasteiger partial charge in [-0.3, -0.25) is 5.43 Å². The standard InChI is InChI=1S/C19H27N5O3/c1-4-6-7-8-11-27-16-10-9-15(12-17(16)26-5-2)13-20-23-18-14(3)22-24-19(25)21-18/h9-10,12-13H,4-8,11H2,1-3H3,(H2,21,23,24,25). The third-order valence-corrected chi connectivity index (χ3v) is 3.78. The summed E-state index contributed by atoms with van der Waals surface area (Å²) in [6.45, 7) is 7.07. The first kappa shape index (κ1) is 20.4. The Bertz CT molecular complexity index is 804. The van der Waals surface area contributed by atoms with Gasteiger partial charge in [0.15, 0.2) is 17.3 Å². The van der Waals surface area contributed by atoms with Crippen LogP contribution in [0.5, 0.6) is 11.5 Å². The Morgan fingerprint density at radius 2 is 2.04 bits per heavy atom. The minimum Gasteiger partial charge on any atom is -0.490 e. The lowest BCUT2D eigenvalue weighted by molar-refractivity contribution is 0.270. The number of unbranched alkanes of at least 4 members (excludes halogenated alkanes) is 3. The number of aromatic nitrogens is 3. The highest BCUT2D eigenvalue weighted by Gasteiger charge is 2.06. The SMILES string of the molecule is CCCCCCOc1ccc(C=NNc2nc(=O)[nH]nc2C)cc1OCC. The second-order valence-corrected chi connectivity index (χ2v) is 5.99. The Labute approximate surface area is 159 Å². The molecule has 1 aromatic carbocycles. The van der Waals surface area contributed by atoms with E-state index >= 15 is 0 Å². The Morgan fingerprint density at radius 1 is 1.19 bits per heavy atom. The van der Waals surface area contributed by atoms with Crippen molar-refractivity contribution >= 4 is 12.0 Å². The van der Waals surface area contributed by atoms with E-state index in [0.717, 1.165) is 17.7 Å². The summed E-state index contributed by atoms with van der Waals surface area (Å²) in [7, 11) is 0. The largest absolute Gasteiger partial charge is 0.490 e. The van der Waals surface area contributed by atoms with Gasteiger partial charge in [0.2, 0.25) is 0 Å². The number of aromatic amines is 1. The molecule has 2 rings (SSSR count). The van der Waals surface area contributed by atoms with Crippen LogP contribution in [0.1, 0.15) is 50.8 Å². The minimum atomic E-state index is -0.530. The summed E-state index contributed by atoms with van der Waals surface area (Å²) in [5.74, 6) is 1.73. The number of nitrogens with zero attached hydrogens (tertiary/aromatic N) is 3. The zero-order valence-electron chi connectivity index (χ0n) is 16.1. The van der Waals surface area contributed by atoms with E-state index in [2.05, 4.69) is 32.6 Å². The fourth-order valence-corrected chi connectivity index (χ4v) is 2.37. The second-order valence-electron chi connectivity index (χ2n) is 5.99. The molecule has 0 fully saturated rings. The molecular weight excluding hydrogens is 346 g/mol. The third-order valence-electron chi connectivity index (χ3n) is 3.78. The van der Waals surface area contributed by atoms with Gasteiger partial charge >= 0.3 is 5.69 Å². The number of hydrogen-bond donors (Lipinski definition) is 2. The zero-order chi connectivity index (χ0) is 19.5. The van der Waals surface area contributed by atoms with Crippen LogP contribution in [0, 0.1) is 6.92 Å². The molecule has 0 aliphatic heterocycles. The molecule has 0 unspecified atom stereocenters. The fourth-order valence-electron chi connectivity index (χ4n) is 2.37. The highest BCUT2D eigenvalue weighted by molar-refractivity contribution is 5.81. The summed E-state index contributed by atoms with van der Waals surface area (Å²) >= 11 is 0. The van der Waals surface area contributed by atoms with Crippen molar-refractivity contribution in [1.82, 2.24) is 15.2 Å². The van der Waals surface area contributed by atoms with Crippen LogP contribution < -0.4 is 20.6 Å². The van der Waals surface area contributed by atoms with Gasteiger partial charge in [0, 0.05) is 0 Å². The number of aryl methyl sites for hydroxylation is 1. The van der Waals surface area contributed by atoms with Gasteiger partial charge in [0.25, 0.3) is 0 Å². The van der Waals surface area contributed by atoms with E-state index < -0.39 is 5.69 Å². The summed E-state index contributed by atoms with van der Waals surface area (Å²) in [6, 6.07) is 5.64. The van der Waals surface area contributed by atoms with Crippen LogP contribution in [-0.2, 0) is 0 Å². The third kappa shape index (κ3) is 6.73. The number of nitrogens with one attached hydrogen (secondary N) is 2. The number of hydrazone groups is 1. The number of anilines is 1. The van der Waals surface area contributed by atoms with Crippen molar-refractivity contribution < 1.29 is 9.47 Å². The maximum absolute atomic E-state index is 11.2. The van der Waals surface area contributed by atoms with Gasteiger partial charge in [-0.2, -0.15) is 15.2 Å². The molecule has 0 amide bonds. The normalized spacial score (nSPS) is 10.9. The van der Waals surface area contributed by atoms with Crippen molar-refractivity contribution in [3.8, 4) is 11.5 Å². The van der Waals surface area contributed by atoms with Crippen molar-refractivity contribution in [2.75, 3.05) is 18.6 Å². The molecule has 1 aromatic heterocycles. The fraction of sp³-hybridized carbons (Fsp3) is 0.474. The molecule has 2 aromatic rings. The predicted octanol–water partition coefficient (Wildman–Crippen LogP) is 3.28. The van der Waals surface area contributed by atoms with E-state index in [1.165, 1.54) is 19.3 Å². The maximum atomic E-state index is 11.2. The molecule has 27 heavy (non-hydrogen) atoms. The van der Waals surface area contributed by atoms with Crippen molar-refractivity contribution in [2.45, 2.75) is 46.5 Å². The summed E-state index contributed by atoms with van der Waals surface area (Å²) in [4.78, 5) is 15.0. The number of H-pyrrole nitrogens is 1. The summed E-state index contributed by atoms with van der Waals surface area (Å²) in [5.41, 5.74) is 3.58. The van der Waals surface area contributed by atoms with Crippen LogP contribution in [-0.4, -0.2) is 34.6 Å². The zero-order valence-corrected chi connectivity index (χ0v) is 16.1. The lowest BCUT2D eigenvalue weighted by atomic mass is 10.2. The molecule has 1 heterocycles. The lowest BCUT2D eigenvalue weighted by Crippen LogP contribution is -2.15. The van der Waals surface area contributed by atoms with Gasteiger partial charge in [-0.1, -0.05) is 26.2 Å². The van der Waals surface area contributed by atoms with Crippen LogP contribution in [0.3, 0.4) is 0 Å². The molecule has 0 aliphatic carbocycles. The van der Waals surface area contributed by atoms with E-state index in [1.54, 1.807) is 13.1 Å². The average molecular weight is 373 g/mol. The predicted molar refractivity (Wildman–Crippen MR) is 106 cm³/mol. The lowest BCUT2D eigenvalue weighted by Gasteiger charge is -2.12. The van der Waals surface area contributed by atoms with E-state index in [9.17, 15) is 4.79 Å². The molecule has 0 aliphatic rings. The molecule has 0 spiro atoms. The Hall–Kier alpha value is -2.90. The highest BCUT2D eigenvalue weighted by atomic mass is 16.5. The van der Waals surface area contributed by atoms with Gasteiger partial charge in [0.1, 0.15) is 5.69 Å². The maximum Gasteiger partial charge on any atom is 0.363 e. The van der Waals surface area contributed by atoms with Crippen molar-refractivity contribution in [3.05, 3.63) is 39.9 Å². The minimum absolute atomic E-state index is 0.312. The van der Waals surface area contributed by atoms with Crippen molar-refractivity contribution in [1.29, 1.82) is 0 Å². The molecule has 0 atom stereocenters. The van der Waals surface area contributed by atoms with Crippen LogP contribution in [0.2, 0.25) is 0 Å². The first-order chi connectivity index (χ1) is 13.1. The second kappa shape index (κ2) is 10.9. The molecule has 8 nitrogen and oxygen atoms in total. The quantitative estimate of drug-likeness (QED) is 0.356. The Kier molecular flexibility index (Phi) is 8.28. The summed E-state index contributed by atoms with van der Waals surface area (Å²) in [5, 5.41) is 10.2.